The second-order valence-corrected chi connectivity index (χ2v) is 3.90. The van der Waals surface area contributed by atoms with Gasteiger partial charge in [0, 0.05) is 30.0 Å². The number of nitrogen functional groups attached to an aromatic ring is 1. The molecule has 0 aromatic heterocycles. The van der Waals surface area contributed by atoms with Gasteiger partial charge in [0.15, 0.2) is 0 Å². The zero-order valence-electron chi connectivity index (χ0n) is 8.81. The van der Waals surface area contributed by atoms with Gasteiger partial charge in [-0.2, -0.15) is 5.26 Å². The third kappa shape index (κ3) is 1.82. The van der Waals surface area contributed by atoms with Gasteiger partial charge in [0.1, 0.15) is 5.78 Å². The Hall–Kier alpha value is -2.08. The summed E-state index contributed by atoms with van der Waals surface area (Å²) in [4.78, 5) is 11.4. The minimum atomic E-state index is -0.0444. The zero-order chi connectivity index (χ0) is 11.5. The molecule has 0 saturated heterocycles. The number of carbonyl (C=O) groups excluding carboxylic acids is 1. The van der Waals surface area contributed by atoms with E-state index in [1.54, 1.807) is 18.2 Å². The van der Waals surface area contributed by atoms with Crippen molar-refractivity contribution < 1.29 is 4.79 Å². The first kappa shape index (κ1) is 10.4. The third-order valence-electron chi connectivity index (χ3n) is 2.79. The lowest BCUT2D eigenvalue weighted by Crippen LogP contribution is -2.12. The molecule has 2 N–H and O–H groups in total. The van der Waals surface area contributed by atoms with Crippen LogP contribution >= 0.6 is 0 Å². The molecule has 0 saturated carbocycles. The molecular formula is C13H12N2O. The molecule has 1 aliphatic carbocycles. The molecule has 1 aromatic carbocycles. The summed E-state index contributed by atoms with van der Waals surface area (Å²) >= 11 is 0. The normalized spacial score (nSPS) is 19.4. The standard InChI is InChI=1S/C13H12N2O/c14-8-10-4-2-6-12(15)13(10)9-3-1-5-11(16)7-9/h1-4,6,9H,5,7,15H2. The fourth-order valence-corrected chi connectivity index (χ4v) is 2.05. The fraction of sp³-hybridized carbons (Fsp3) is 0.231. The van der Waals surface area contributed by atoms with Gasteiger partial charge in [-0.3, -0.25) is 4.79 Å². The van der Waals surface area contributed by atoms with Crippen molar-refractivity contribution >= 4 is 11.5 Å². The van der Waals surface area contributed by atoms with Crippen LogP contribution in [0.5, 0.6) is 0 Å². The largest absolute Gasteiger partial charge is 0.398 e. The van der Waals surface area contributed by atoms with Crippen LogP contribution in [0, 0.1) is 11.3 Å². The number of allylic oxidation sites excluding steroid dienone is 2. The smallest absolute Gasteiger partial charge is 0.137 e. The van der Waals surface area contributed by atoms with Crippen molar-refractivity contribution in [2.45, 2.75) is 18.8 Å². The molecule has 1 aliphatic rings. The summed E-state index contributed by atoms with van der Waals surface area (Å²) in [5, 5.41) is 9.02. The fourth-order valence-electron chi connectivity index (χ4n) is 2.05. The number of hydrogen-bond donors (Lipinski definition) is 1. The van der Waals surface area contributed by atoms with E-state index in [1.165, 1.54) is 0 Å². The molecule has 0 aliphatic heterocycles. The number of carbonyl (C=O) groups is 1. The Bertz CT molecular complexity index is 497. The number of rotatable bonds is 1. The van der Waals surface area contributed by atoms with E-state index in [2.05, 4.69) is 6.07 Å². The SMILES string of the molecule is N#Cc1cccc(N)c1C1C=CCC(=O)C1. The molecule has 0 fully saturated rings. The van der Waals surface area contributed by atoms with Crippen LogP contribution in [0.1, 0.15) is 29.9 Å². The number of benzene rings is 1. The first-order valence-electron chi connectivity index (χ1n) is 5.19. The first-order valence-corrected chi connectivity index (χ1v) is 5.19. The molecule has 0 bridgehead atoms. The minimum Gasteiger partial charge on any atom is -0.398 e. The predicted octanol–water partition coefficient (Wildman–Crippen LogP) is 2.14. The van der Waals surface area contributed by atoms with Gasteiger partial charge in [-0.25, -0.2) is 0 Å². The van der Waals surface area contributed by atoms with Gasteiger partial charge in [0.2, 0.25) is 0 Å². The van der Waals surface area contributed by atoms with Crippen molar-refractivity contribution in [1.29, 1.82) is 5.26 Å². The van der Waals surface area contributed by atoms with E-state index in [1.807, 2.05) is 12.2 Å². The molecule has 16 heavy (non-hydrogen) atoms. The van der Waals surface area contributed by atoms with E-state index in [0.29, 0.717) is 24.1 Å². The van der Waals surface area contributed by atoms with E-state index >= 15 is 0 Å². The number of hydrogen-bond acceptors (Lipinski definition) is 3. The molecule has 3 nitrogen and oxygen atoms in total. The van der Waals surface area contributed by atoms with Crippen LogP contribution in [0.15, 0.2) is 30.4 Å². The second-order valence-electron chi connectivity index (χ2n) is 3.90. The Kier molecular flexibility index (Phi) is 2.74. The van der Waals surface area contributed by atoms with Crippen molar-refractivity contribution in [3.63, 3.8) is 0 Å². The molecule has 0 amide bonds. The zero-order valence-corrected chi connectivity index (χ0v) is 8.81. The van der Waals surface area contributed by atoms with E-state index in [0.717, 1.165) is 5.56 Å². The van der Waals surface area contributed by atoms with E-state index in [-0.39, 0.29) is 11.7 Å². The maximum Gasteiger partial charge on any atom is 0.137 e. The van der Waals surface area contributed by atoms with Crippen molar-refractivity contribution in [2.75, 3.05) is 5.73 Å². The van der Waals surface area contributed by atoms with Crippen LogP contribution < -0.4 is 5.73 Å². The molecule has 2 rings (SSSR count). The summed E-state index contributed by atoms with van der Waals surface area (Å²) < 4.78 is 0. The van der Waals surface area contributed by atoms with E-state index < -0.39 is 0 Å². The van der Waals surface area contributed by atoms with Gasteiger partial charge in [-0.1, -0.05) is 18.2 Å². The van der Waals surface area contributed by atoms with Crippen LogP contribution in [0.3, 0.4) is 0 Å². The summed E-state index contributed by atoms with van der Waals surface area (Å²) in [5.41, 5.74) is 7.81. The van der Waals surface area contributed by atoms with Crippen LogP contribution in [0.25, 0.3) is 0 Å². The quantitative estimate of drug-likeness (QED) is 0.573. The number of ketones is 1. The second kappa shape index (κ2) is 4.19. The highest BCUT2D eigenvalue weighted by Crippen LogP contribution is 2.32. The number of anilines is 1. The lowest BCUT2D eigenvalue weighted by Gasteiger charge is -2.18. The van der Waals surface area contributed by atoms with Gasteiger partial charge in [-0.15, -0.1) is 0 Å². The van der Waals surface area contributed by atoms with Crippen LogP contribution in [0.2, 0.25) is 0 Å². The van der Waals surface area contributed by atoms with Crippen molar-refractivity contribution in [2.24, 2.45) is 0 Å². The van der Waals surface area contributed by atoms with Crippen LogP contribution in [0.4, 0.5) is 5.69 Å². The Balaban J connectivity index is 2.47. The van der Waals surface area contributed by atoms with Crippen LogP contribution in [-0.4, -0.2) is 5.78 Å². The van der Waals surface area contributed by atoms with Gasteiger partial charge < -0.3 is 5.73 Å². The Morgan fingerprint density at radius 2 is 2.25 bits per heavy atom. The topological polar surface area (TPSA) is 66.9 Å². The predicted molar refractivity (Wildman–Crippen MR) is 61.7 cm³/mol. The summed E-state index contributed by atoms with van der Waals surface area (Å²) in [7, 11) is 0. The van der Waals surface area contributed by atoms with E-state index in [4.69, 9.17) is 11.0 Å². The first-order chi connectivity index (χ1) is 7.72. The van der Waals surface area contributed by atoms with E-state index in [9.17, 15) is 4.79 Å². The minimum absolute atomic E-state index is 0.0444. The molecule has 0 heterocycles. The maximum absolute atomic E-state index is 11.4. The summed E-state index contributed by atoms with van der Waals surface area (Å²) in [6, 6.07) is 7.38. The highest BCUT2D eigenvalue weighted by molar-refractivity contribution is 5.83. The Morgan fingerprint density at radius 3 is 2.94 bits per heavy atom. The van der Waals surface area contributed by atoms with Crippen molar-refractivity contribution in [3.8, 4) is 6.07 Å². The van der Waals surface area contributed by atoms with Gasteiger partial charge in [0.05, 0.1) is 11.6 Å². The number of nitriles is 1. The molecule has 1 atom stereocenters. The average Bonchev–Trinajstić information content (AvgIpc) is 2.28. The van der Waals surface area contributed by atoms with Gasteiger partial charge in [0.25, 0.3) is 0 Å². The Labute approximate surface area is 94.2 Å². The van der Waals surface area contributed by atoms with Crippen molar-refractivity contribution in [1.82, 2.24) is 0 Å². The monoisotopic (exact) mass is 212 g/mol. The highest BCUT2D eigenvalue weighted by atomic mass is 16.1. The number of nitrogens with two attached hydrogens (primary N) is 1. The van der Waals surface area contributed by atoms with Gasteiger partial charge in [-0.05, 0) is 12.1 Å². The molecule has 1 aromatic rings. The molecule has 80 valence electrons. The lowest BCUT2D eigenvalue weighted by atomic mass is 9.85. The third-order valence-corrected chi connectivity index (χ3v) is 2.79. The highest BCUT2D eigenvalue weighted by Gasteiger charge is 2.21. The molecular weight excluding hydrogens is 200 g/mol. The molecule has 0 spiro atoms. The molecule has 1 unspecified atom stereocenters. The summed E-state index contributed by atoms with van der Waals surface area (Å²) in [5.74, 6) is 0.150. The Morgan fingerprint density at radius 1 is 1.44 bits per heavy atom. The molecule has 3 heteroatoms. The van der Waals surface area contributed by atoms with Gasteiger partial charge >= 0.3 is 0 Å². The molecule has 0 radical (unpaired) electrons. The summed E-state index contributed by atoms with van der Waals surface area (Å²) in [6.07, 6.45) is 4.75. The van der Waals surface area contributed by atoms with Crippen molar-refractivity contribution in [3.05, 3.63) is 41.5 Å². The maximum atomic E-state index is 11.4. The number of nitrogens with zero attached hydrogens (tertiary/aromatic N) is 1. The summed E-state index contributed by atoms with van der Waals surface area (Å²) in [6.45, 7) is 0. The average molecular weight is 212 g/mol. The van der Waals surface area contributed by atoms with Crippen LogP contribution in [-0.2, 0) is 4.79 Å². The lowest BCUT2D eigenvalue weighted by molar-refractivity contribution is -0.118. The number of Topliss-reactive ketones (excluding diaryl/α,β-unsaturated/α-hetero) is 1.